The van der Waals surface area contributed by atoms with E-state index in [0.29, 0.717) is 11.6 Å². The van der Waals surface area contributed by atoms with E-state index in [1.54, 1.807) is 4.52 Å². The van der Waals surface area contributed by atoms with E-state index in [1.807, 2.05) is 36.4 Å². The number of anilines is 1. The molecular formula is C22H18N4O. The van der Waals surface area contributed by atoms with Crippen LogP contribution in [0, 0.1) is 5.92 Å². The average molecular weight is 354 g/mol. The fourth-order valence-corrected chi connectivity index (χ4v) is 3.20. The van der Waals surface area contributed by atoms with Crippen LogP contribution in [-0.2, 0) is 4.79 Å². The summed E-state index contributed by atoms with van der Waals surface area (Å²) >= 11 is 0. The number of pyridine rings is 1. The van der Waals surface area contributed by atoms with E-state index < -0.39 is 0 Å². The molecule has 5 heteroatoms. The SMILES string of the molecule is O=C(Nc1nc2cccc(-c3ccc(-c4ccccc4)cc3)n2n1)C1CC1. The Bertz CT molecular complexity index is 1110. The topological polar surface area (TPSA) is 59.3 Å². The molecule has 2 aromatic carbocycles. The van der Waals surface area contributed by atoms with Gasteiger partial charge in [0.25, 0.3) is 0 Å². The van der Waals surface area contributed by atoms with Crippen molar-refractivity contribution in [3.63, 3.8) is 0 Å². The van der Waals surface area contributed by atoms with Crippen LogP contribution < -0.4 is 5.32 Å². The van der Waals surface area contributed by atoms with Gasteiger partial charge in [0, 0.05) is 11.5 Å². The van der Waals surface area contributed by atoms with Gasteiger partial charge in [-0.3, -0.25) is 10.1 Å². The summed E-state index contributed by atoms with van der Waals surface area (Å²) in [6, 6.07) is 24.5. The lowest BCUT2D eigenvalue weighted by Crippen LogP contribution is -2.14. The molecule has 5 rings (SSSR count). The molecule has 5 nitrogen and oxygen atoms in total. The number of amides is 1. The Morgan fingerprint density at radius 2 is 1.56 bits per heavy atom. The van der Waals surface area contributed by atoms with Crippen LogP contribution in [0.1, 0.15) is 12.8 Å². The van der Waals surface area contributed by atoms with Gasteiger partial charge in [-0.2, -0.15) is 4.98 Å². The number of nitrogens with one attached hydrogen (secondary N) is 1. The van der Waals surface area contributed by atoms with E-state index >= 15 is 0 Å². The van der Waals surface area contributed by atoms with Gasteiger partial charge in [-0.25, -0.2) is 4.52 Å². The molecule has 1 fully saturated rings. The van der Waals surface area contributed by atoms with Crippen molar-refractivity contribution in [1.29, 1.82) is 0 Å². The number of nitrogens with zero attached hydrogens (tertiary/aromatic N) is 3. The molecule has 0 saturated heterocycles. The first-order valence-corrected chi connectivity index (χ1v) is 9.10. The normalized spacial score (nSPS) is 13.6. The van der Waals surface area contributed by atoms with Crippen molar-refractivity contribution in [1.82, 2.24) is 14.6 Å². The Kier molecular flexibility index (Phi) is 3.71. The van der Waals surface area contributed by atoms with Crippen molar-refractivity contribution in [2.24, 2.45) is 5.92 Å². The molecule has 1 N–H and O–H groups in total. The number of carbonyl (C=O) groups is 1. The first-order valence-electron chi connectivity index (χ1n) is 9.10. The Morgan fingerprint density at radius 3 is 2.30 bits per heavy atom. The molecule has 0 radical (unpaired) electrons. The van der Waals surface area contributed by atoms with Gasteiger partial charge in [0.1, 0.15) is 0 Å². The molecule has 2 aromatic heterocycles. The zero-order chi connectivity index (χ0) is 18.2. The van der Waals surface area contributed by atoms with E-state index in [-0.39, 0.29) is 11.8 Å². The van der Waals surface area contributed by atoms with Crippen molar-refractivity contribution in [2.75, 3.05) is 5.32 Å². The summed E-state index contributed by atoms with van der Waals surface area (Å²) in [5.74, 6) is 0.501. The van der Waals surface area contributed by atoms with Crippen molar-refractivity contribution in [3.8, 4) is 22.4 Å². The van der Waals surface area contributed by atoms with Crippen LogP contribution in [-0.4, -0.2) is 20.5 Å². The second kappa shape index (κ2) is 6.36. The number of aromatic nitrogens is 3. The molecule has 27 heavy (non-hydrogen) atoms. The summed E-state index contributed by atoms with van der Waals surface area (Å²) in [4.78, 5) is 16.4. The standard InChI is InChI=1S/C22H18N4O/c27-21(18-13-14-18)24-22-23-20-8-4-7-19(26(20)25-22)17-11-9-16(10-12-17)15-5-2-1-3-6-15/h1-12,18H,13-14H2,(H,24,25,27). The zero-order valence-corrected chi connectivity index (χ0v) is 14.7. The Labute approximate surface area is 156 Å². The van der Waals surface area contributed by atoms with Crippen LogP contribution in [0.4, 0.5) is 5.95 Å². The third-order valence-corrected chi connectivity index (χ3v) is 4.83. The molecular weight excluding hydrogens is 336 g/mol. The fraction of sp³-hybridized carbons (Fsp3) is 0.136. The molecule has 2 heterocycles. The maximum atomic E-state index is 12.0. The van der Waals surface area contributed by atoms with Gasteiger partial charge < -0.3 is 0 Å². The van der Waals surface area contributed by atoms with Crippen molar-refractivity contribution < 1.29 is 4.79 Å². The van der Waals surface area contributed by atoms with E-state index in [4.69, 9.17) is 0 Å². The van der Waals surface area contributed by atoms with Gasteiger partial charge in [0.05, 0.1) is 5.69 Å². The molecule has 0 bridgehead atoms. The van der Waals surface area contributed by atoms with E-state index in [0.717, 1.165) is 24.1 Å². The lowest BCUT2D eigenvalue weighted by Gasteiger charge is -2.06. The number of hydrogen-bond acceptors (Lipinski definition) is 3. The number of carbonyl (C=O) groups excluding carboxylic acids is 1. The maximum Gasteiger partial charge on any atom is 0.249 e. The van der Waals surface area contributed by atoms with Crippen LogP contribution in [0.3, 0.4) is 0 Å². The minimum Gasteiger partial charge on any atom is -0.293 e. The molecule has 0 spiro atoms. The molecule has 132 valence electrons. The zero-order valence-electron chi connectivity index (χ0n) is 14.7. The molecule has 1 aliphatic rings. The van der Waals surface area contributed by atoms with Crippen molar-refractivity contribution >= 4 is 17.5 Å². The summed E-state index contributed by atoms with van der Waals surface area (Å²) < 4.78 is 1.78. The summed E-state index contributed by atoms with van der Waals surface area (Å²) in [6.07, 6.45) is 1.91. The quantitative estimate of drug-likeness (QED) is 0.590. The largest absolute Gasteiger partial charge is 0.293 e. The van der Waals surface area contributed by atoms with Crippen LogP contribution in [0.2, 0.25) is 0 Å². The van der Waals surface area contributed by atoms with Gasteiger partial charge in [-0.1, -0.05) is 60.7 Å². The fourth-order valence-electron chi connectivity index (χ4n) is 3.20. The summed E-state index contributed by atoms with van der Waals surface area (Å²) in [5, 5.41) is 7.31. The summed E-state index contributed by atoms with van der Waals surface area (Å²) in [6.45, 7) is 0. The minimum atomic E-state index is 0.0136. The summed E-state index contributed by atoms with van der Waals surface area (Å²) in [7, 11) is 0. The number of hydrogen-bond donors (Lipinski definition) is 1. The molecule has 0 aliphatic heterocycles. The summed E-state index contributed by atoms with van der Waals surface area (Å²) in [5.41, 5.74) is 5.05. The van der Waals surface area contributed by atoms with Crippen LogP contribution >= 0.6 is 0 Å². The lowest BCUT2D eigenvalue weighted by molar-refractivity contribution is -0.117. The van der Waals surface area contributed by atoms with Gasteiger partial charge in [0.15, 0.2) is 5.65 Å². The Balaban J connectivity index is 1.48. The highest BCUT2D eigenvalue weighted by Gasteiger charge is 2.30. The van der Waals surface area contributed by atoms with E-state index in [9.17, 15) is 4.79 Å². The molecule has 4 aromatic rings. The van der Waals surface area contributed by atoms with Gasteiger partial charge in [0.2, 0.25) is 11.9 Å². The maximum absolute atomic E-state index is 12.0. The molecule has 1 amide bonds. The predicted octanol–water partition coefficient (Wildman–Crippen LogP) is 4.41. The molecule has 0 atom stereocenters. The number of fused-ring (bicyclic) bond motifs is 1. The lowest BCUT2D eigenvalue weighted by atomic mass is 10.0. The first-order chi connectivity index (χ1) is 13.3. The highest BCUT2D eigenvalue weighted by molar-refractivity contribution is 5.92. The van der Waals surface area contributed by atoms with Crippen molar-refractivity contribution in [3.05, 3.63) is 72.8 Å². The second-order valence-electron chi connectivity index (χ2n) is 6.82. The molecule has 0 unspecified atom stereocenters. The Morgan fingerprint density at radius 1 is 0.852 bits per heavy atom. The number of benzene rings is 2. The van der Waals surface area contributed by atoms with E-state index in [1.165, 1.54) is 11.1 Å². The average Bonchev–Trinajstić information content (AvgIpc) is 3.49. The third kappa shape index (κ3) is 3.08. The smallest absolute Gasteiger partial charge is 0.249 e. The van der Waals surface area contributed by atoms with Crippen molar-refractivity contribution in [2.45, 2.75) is 12.8 Å². The highest BCUT2D eigenvalue weighted by Crippen LogP contribution is 2.30. The highest BCUT2D eigenvalue weighted by atomic mass is 16.2. The van der Waals surface area contributed by atoms with Crippen LogP contribution in [0.15, 0.2) is 72.8 Å². The van der Waals surface area contributed by atoms with Crippen LogP contribution in [0.25, 0.3) is 28.0 Å². The first kappa shape index (κ1) is 15.8. The monoisotopic (exact) mass is 354 g/mol. The predicted molar refractivity (Wildman–Crippen MR) is 105 cm³/mol. The minimum absolute atomic E-state index is 0.0136. The van der Waals surface area contributed by atoms with Gasteiger partial charge >= 0.3 is 0 Å². The van der Waals surface area contributed by atoms with Gasteiger partial charge in [-0.15, -0.1) is 5.10 Å². The van der Waals surface area contributed by atoms with Crippen LogP contribution in [0.5, 0.6) is 0 Å². The second-order valence-corrected chi connectivity index (χ2v) is 6.82. The Hall–Kier alpha value is -3.47. The molecule has 1 aliphatic carbocycles. The number of rotatable bonds is 4. The van der Waals surface area contributed by atoms with E-state index in [2.05, 4.69) is 51.8 Å². The van der Waals surface area contributed by atoms with Gasteiger partial charge in [-0.05, 0) is 36.1 Å². The molecule has 1 saturated carbocycles. The third-order valence-electron chi connectivity index (χ3n) is 4.83.